The van der Waals surface area contributed by atoms with Crippen LogP contribution in [0.15, 0.2) is 0 Å². The molecule has 0 bridgehead atoms. The van der Waals surface area contributed by atoms with Gasteiger partial charge >= 0.3 is 9.05 Å². The second-order valence-electron chi connectivity index (χ2n) is 5.31. The van der Waals surface area contributed by atoms with Gasteiger partial charge in [0, 0.05) is 12.2 Å². The van der Waals surface area contributed by atoms with Crippen molar-refractivity contribution in [1.82, 2.24) is 0 Å². The predicted molar refractivity (Wildman–Crippen MR) is 89.1 cm³/mol. The molecular formula is C14H35AlO4Si. The Kier molecular flexibility index (Phi) is 15.2. The SMILES string of the molecule is CCC(C)O[Si](O)(O)OC(C)CC.C[CH2][Al]([CH2]C)[CH2]C. The minimum Gasteiger partial charge on any atom is -0.367 e. The van der Waals surface area contributed by atoms with Gasteiger partial charge < -0.3 is 18.4 Å². The highest BCUT2D eigenvalue weighted by molar-refractivity contribution is 6.58. The van der Waals surface area contributed by atoms with Crippen LogP contribution in [0, 0.1) is 0 Å². The molecule has 0 heterocycles. The Balaban J connectivity index is 0. The average molecular weight is 322 g/mol. The highest BCUT2D eigenvalue weighted by Crippen LogP contribution is 2.10. The quantitative estimate of drug-likeness (QED) is 0.637. The molecular weight excluding hydrogens is 287 g/mol. The van der Waals surface area contributed by atoms with Crippen LogP contribution in [0.4, 0.5) is 0 Å². The molecule has 0 rings (SSSR count). The standard InChI is InChI=1S/C8H20O4Si.3C2H5.Al/c1-5-7(3)11-13(9,10)12-8(4)6-2;3*1-2;/h7-10H,5-6H2,1-4H3;3*1H2,2H3;. The molecule has 0 aromatic rings. The molecule has 0 aliphatic heterocycles. The fraction of sp³-hybridized carbons (Fsp3) is 1.00. The maximum absolute atomic E-state index is 9.37. The molecule has 0 aromatic carbocycles. The molecule has 0 fully saturated rings. The lowest BCUT2D eigenvalue weighted by Gasteiger charge is -2.23. The van der Waals surface area contributed by atoms with E-state index in [4.69, 9.17) is 8.85 Å². The summed E-state index contributed by atoms with van der Waals surface area (Å²) in [6.07, 6.45) is 1.12. The smallest absolute Gasteiger partial charge is 0.367 e. The van der Waals surface area contributed by atoms with Crippen LogP contribution in [-0.2, 0) is 8.85 Å². The minimum atomic E-state index is -3.87. The summed E-state index contributed by atoms with van der Waals surface area (Å²) in [4.78, 5) is 18.7. The second-order valence-corrected chi connectivity index (χ2v) is 11.1. The third kappa shape index (κ3) is 13.6. The Hall–Kier alpha value is 0.589. The first kappa shape index (κ1) is 22.9. The van der Waals surface area contributed by atoms with Gasteiger partial charge in [-0.2, -0.15) is 0 Å². The predicted octanol–water partition coefficient (Wildman–Crippen LogP) is 3.58. The molecule has 4 nitrogen and oxygen atoms in total. The van der Waals surface area contributed by atoms with E-state index < -0.39 is 9.05 Å². The number of hydrogen-bond acceptors (Lipinski definition) is 4. The maximum Gasteiger partial charge on any atom is 0.674 e. The summed E-state index contributed by atoms with van der Waals surface area (Å²) in [5.41, 5.74) is 0. The average Bonchev–Trinajstić information content (AvgIpc) is 2.40. The molecule has 0 saturated carbocycles. The first-order valence-electron chi connectivity index (χ1n) is 8.06. The molecule has 0 aliphatic carbocycles. The van der Waals surface area contributed by atoms with Crippen molar-refractivity contribution in [1.29, 1.82) is 0 Å². The fourth-order valence-corrected chi connectivity index (χ4v) is 4.75. The molecule has 0 aromatic heterocycles. The Morgan fingerprint density at radius 1 is 0.800 bits per heavy atom. The molecule has 6 heteroatoms. The van der Waals surface area contributed by atoms with E-state index in [1.54, 1.807) is 13.8 Å². The fourth-order valence-electron chi connectivity index (χ4n) is 1.58. The van der Waals surface area contributed by atoms with Crippen molar-refractivity contribution < 1.29 is 18.4 Å². The molecule has 2 N–H and O–H groups in total. The van der Waals surface area contributed by atoms with Gasteiger partial charge in [0.15, 0.2) is 0 Å². The van der Waals surface area contributed by atoms with E-state index in [1.165, 1.54) is 15.8 Å². The van der Waals surface area contributed by atoms with Gasteiger partial charge in [-0.25, -0.2) is 0 Å². The van der Waals surface area contributed by atoms with Crippen molar-refractivity contribution in [3.63, 3.8) is 0 Å². The summed E-state index contributed by atoms with van der Waals surface area (Å²) in [5.74, 6) is 0. The third-order valence-corrected chi connectivity index (χ3v) is 8.47. The van der Waals surface area contributed by atoms with Crippen LogP contribution in [-0.4, -0.2) is 45.0 Å². The minimum absolute atomic E-state index is 0.171. The summed E-state index contributed by atoms with van der Waals surface area (Å²) < 4.78 is 9.97. The molecule has 0 aliphatic rings. The zero-order chi connectivity index (χ0) is 16.2. The highest BCUT2D eigenvalue weighted by Gasteiger charge is 2.39. The molecule has 2 unspecified atom stereocenters. The Labute approximate surface area is 131 Å². The molecule has 20 heavy (non-hydrogen) atoms. The van der Waals surface area contributed by atoms with E-state index in [0.717, 1.165) is 12.8 Å². The van der Waals surface area contributed by atoms with Crippen molar-refractivity contribution in [3.05, 3.63) is 0 Å². The summed E-state index contributed by atoms with van der Waals surface area (Å²) >= 11 is -0.171. The Morgan fingerprint density at radius 2 is 1.10 bits per heavy atom. The van der Waals surface area contributed by atoms with Crippen LogP contribution in [0.3, 0.4) is 0 Å². The molecule has 0 amide bonds. The monoisotopic (exact) mass is 322 g/mol. The van der Waals surface area contributed by atoms with Crippen LogP contribution in [0.2, 0.25) is 15.8 Å². The van der Waals surface area contributed by atoms with Crippen molar-refractivity contribution in [2.45, 2.75) is 89.4 Å². The zero-order valence-corrected chi connectivity index (χ0v) is 16.6. The van der Waals surface area contributed by atoms with Crippen molar-refractivity contribution >= 4 is 23.2 Å². The third-order valence-electron chi connectivity index (χ3n) is 3.59. The van der Waals surface area contributed by atoms with E-state index in [2.05, 4.69) is 20.8 Å². The molecule has 0 radical (unpaired) electrons. The maximum atomic E-state index is 9.37. The van der Waals surface area contributed by atoms with E-state index in [0.29, 0.717) is 0 Å². The van der Waals surface area contributed by atoms with Crippen molar-refractivity contribution in [2.75, 3.05) is 0 Å². The lowest BCUT2D eigenvalue weighted by Crippen LogP contribution is -2.47. The van der Waals surface area contributed by atoms with Gasteiger partial charge in [0.1, 0.15) is 0 Å². The largest absolute Gasteiger partial charge is 0.674 e. The topological polar surface area (TPSA) is 58.9 Å². The van der Waals surface area contributed by atoms with Gasteiger partial charge in [0.2, 0.25) is 0 Å². The molecule has 0 saturated heterocycles. The summed E-state index contributed by atoms with van der Waals surface area (Å²) in [5, 5.41) is 4.48. The first-order chi connectivity index (χ1) is 9.26. The second kappa shape index (κ2) is 13.3. The first-order valence-corrected chi connectivity index (χ1v) is 12.2. The zero-order valence-electron chi connectivity index (χ0n) is 14.5. The van der Waals surface area contributed by atoms with Gasteiger partial charge in [-0.1, -0.05) is 50.5 Å². The van der Waals surface area contributed by atoms with E-state index in [-0.39, 0.29) is 26.4 Å². The number of hydrogen-bond donors (Lipinski definition) is 2. The van der Waals surface area contributed by atoms with Crippen LogP contribution >= 0.6 is 0 Å². The van der Waals surface area contributed by atoms with Crippen molar-refractivity contribution in [2.24, 2.45) is 0 Å². The van der Waals surface area contributed by atoms with Gasteiger partial charge in [0.05, 0.1) is 0 Å². The van der Waals surface area contributed by atoms with Crippen molar-refractivity contribution in [3.8, 4) is 0 Å². The summed E-state index contributed by atoms with van der Waals surface area (Å²) in [6.45, 7) is 14.4. The number of rotatable bonds is 9. The molecule has 122 valence electrons. The van der Waals surface area contributed by atoms with Crippen LogP contribution < -0.4 is 0 Å². The van der Waals surface area contributed by atoms with E-state index >= 15 is 0 Å². The summed E-state index contributed by atoms with van der Waals surface area (Å²) in [7, 11) is -3.87. The molecule has 2 atom stereocenters. The summed E-state index contributed by atoms with van der Waals surface area (Å²) in [6, 6.07) is 0. The van der Waals surface area contributed by atoms with Crippen LogP contribution in [0.25, 0.3) is 0 Å². The Morgan fingerprint density at radius 3 is 1.25 bits per heavy atom. The van der Waals surface area contributed by atoms with E-state index in [9.17, 15) is 9.59 Å². The van der Waals surface area contributed by atoms with Gasteiger partial charge in [0.25, 0.3) is 14.1 Å². The normalized spacial score (nSPS) is 14.2. The highest BCUT2D eigenvalue weighted by atomic mass is 28.4. The van der Waals surface area contributed by atoms with Crippen LogP contribution in [0.1, 0.15) is 61.3 Å². The van der Waals surface area contributed by atoms with Gasteiger partial charge in [-0.15, -0.1) is 0 Å². The van der Waals surface area contributed by atoms with Gasteiger partial charge in [-0.3, -0.25) is 0 Å². The molecule has 0 spiro atoms. The Bertz CT molecular complexity index is 194. The van der Waals surface area contributed by atoms with E-state index in [1.807, 2.05) is 13.8 Å². The van der Waals surface area contributed by atoms with Gasteiger partial charge in [-0.05, 0) is 26.7 Å². The lowest BCUT2D eigenvalue weighted by molar-refractivity contribution is -0.0243. The lowest BCUT2D eigenvalue weighted by atomic mass is 10.3. The van der Waals surface area contributed by atoms with Crippen LogP contribution in [0.5, 0.6) is 0 Å².